The van der Waals surface area contributed by atoms with Crippen LogP contribution in [0.3, 0.4) is 0 Å². The molecule has 112 valence electrons. The van der Waals surface area contributed by atoms with E-state index in [1.165, 1.54) is 13.0 Å². The van der Waals surface area contributed by atoms with Crippen molar-refractivity contribution in [1.82, 2.24) is 4.72 Å². The molecule has 0 radical (unpaired) electrons. The van der Waals surface area contributed by atoms with Crippen molar-refractivity contribution in [3.05, 3.63) is 23.5 Å². The first kappa shape index (κ1) is 15.3. The fourth-order valence-electron chi connectivity index (χ4n) is 2.81. The summed E-state index contributed by atoms with van der Waals surface area (Å²) in [5, 5.41) is 0. The van der Waals surface area contributed by atoms with E-state index in [0.29, 0.717) is 5.92 Å². The van der Waals surface area contributed by atoms with Crippen molar-refractivity contribution in [2.45, 2.75) is 50.5 Å². The molecule has 0 spiro atoms. The van der Waals surface area contributed by atoms with Crippen LogP contribution in [0, 0.1) is 18.7 Å². The minimum absolute atomic E-state index is 0.0696. The van der Waals surface area contributed by atoms with Gasteiger partial charge in [0.05, 0.1) is 4.90 Å². The van der Waals surface area contributed by atoms with Gasteiger partial charge in [0.25, 0.3) is 0 Å². The van der Waals surface area contributed by atoms with Crippen LogP contribution in [-0.4, -0.2) is 14.5 Å². The molecule has 0 bridgehead atoms. The second kappa shape index (κ2) is 5.69. The molecule has 1 unspecified atom stereocenters. The number of sulfonamides is 1. The van der Waals surface area contributed by atoms with Crippen molar-refractivity contribution < 1.29 is 12.8 Å². The van der Waals surface area contributed by atoms with E-state index >= 15 is 0 Å². The van der Waals surface area contributed by atoms with Gasteiger partial charge in [-0.05, 0) is 44.7 Å². The molecule has 0 aromatic heterocycles. The number of rotatable bonds is 4. The number of nitrogens with two attached hydrogens (primary N) is 1. The Morgan fingerprint density at radius 1 is 1.35 bits per heavy atom. The van der Waals surface area contributed by atoms with Gasteiger partial charge in [0.1, 0.15) is 5.82 Å². The van der Waals surface area contributed by atoms with Crippen molar-refractivity contribution in [2.24, 2.45) is 5.92 Å². The van der Waals surface area contributed by atoms with Crippen LogP contribution in [0.15, 0.2) is 17.0 Å². The Hall–Kier alpha value is -1.14. The molecule has 3 N–H and O–H groups in total. The zero-order valence-electron chi connectivity index (χ0n) is 11.8. The summed E-state index contributed by atoms with van der Waals surface area (Å²) in [6.45, 7) is 3.31. The molecule has 1 aliphatic rings. The third-order valence-corrected chi connectivity index (χ3v) is 5.74. The molecule has 0 aliphatic heterocycles. The van der Waals surface area contributed by atoms with Gasteiger partial charge in [-0.15, -0.1) is 0 Å². The average Bonchev–Trinajstić information content (AvgIpc) is 2.86. The van der Waals surface area contributed by atoms with Crippen LogP contribution >= 0.6 is 0 Å². The third-order valence-electron chi connectivity index (χ3n) is 4.06. The number of hydrogen-bond acceptors (Lipinski definition) is 3. The number of hydrogen-bond donors (Lipinski definition) is 2. The maximum absolute atomic E-state index is 13.6. The van der Waals surface area contributed by atoms with Crippen LogP contribution in [0.1, 0.15) is 38.2 Å². The van der Waals surface area contributed by atoms with Gasteiger partial charge < -0.3 is 5.73 Å². The number of nitrogens with one attached hydrogen (secondary N) is 1. The second-order valence-electron chi connectivity index (χ2n) is 5.58. The first-order valence-corrected chi connectivity index (χ1v) is 8.37. The zero-order chi connectivity index (χ0) is 14.9. The number of benzene rings is 1. The highest BCUT2D eigenvalue weighted by atomic mass is 32.2. The Kier molecular flexibility index (Phi) is 4.34. The van der Waals surface area contributed by atoms with E-state index in [1.54, 1.807) is 0 Å². The van der Waals surface area contributed by atoms with Crippen LogP contribution in [0.25, 0.3) is 0 Å². The Morgan fingerprint density at radius 3 is 2.55 bits per heavy atom. The lowest BCUT2D eigenvalue weighted by atomic mass is 10.0. The minimum Gasteiger partial charge on any atom is -0.399 e. The summed E-state index contributed by atoms with van der Waals surface area (Å²) in [6, 6.07) is 2.29. The monoisotopic (exact) mass is 300 g/mol. The van der Waals surface area contributed by atoms with Gasteiger partial charge in [-0.3, -0.25) is 0 Å². The van der Waals surface area contributed by atoms with E-state index in [9.17, 15) is 12.8 Å². The molecule has 1 atom stereocenters. The van der Waals surface area contributed by atoms with Crippen LogP contribution in [0.5, 0.6) is 0 Å². The summed E-state index contributed by atoms with van der Waals surface area (Å²) in [4.78, 5) is -0.0696. The molecular weight excluding hydrogens is 279 g/mol. The molecule has 0 saturated heterocycles. The van der Waals surface area contributed by atoms with Crippen LogP contribution in [0.2, 0.25) is 0 Å². The molecule has 6 heteroatoms. The SMILES string of the molecule is Cc1c(F)cc(N)cc1S(=O)(=O)NC(C)C1CCCC1. The van der Waals surface area contributed by atoms with Gasteiger partial charge in [0.15, 0.2) is 0 Å². The molecular formula is C14H21FN2O2S. The predicted octanol–water partition coefficient (Wildman–Crippen LogP) is 2.57. The van der Waals surface area contributed by atoms with Crippen molar-refractivity contribution in [3.8, 4) is 0 Å². The van der Waals surface area contributed by atoms with Gasteiger partial charge in [0, 0.05) is 17.3 Å². The summed E-state index contributed by atoms with van der Waals surface area (Å²) in [5.41, 5.74) is 5.76. The van der Waals surface area contributed by atoms with Crippen LogP contribution in [0.4, 0.5) is 10.1 Å². The number of nitrogen functional groups attached to an aromatic ring is 1. The van der Waals surface area contributed by atoms with E-state index in [1.807, 2.05) is 6.92 Å². The highest BCUT2D eigenvalue weighted by Crippen LogP contribution is 2.29. The second-order valence-corrected chi connectivity index (χ2v) is 7.26. The standard InChI is InChI=1S/C14H21FN2O2S/c1-9-13(15)7-12(16)8-14(9)20(18,19)17-10(2)11-5-3-4-6-11/h7-8,10-11,17H,3-6,16H2,1-2H3. The molecule has 2 rings (SSSR count). The van der Waals surface area contributed by atoms with Gasteiger partial charge in [-0.2, -0.15) is 0 Å². The lowest BCUT2D eigenvalue weighted by Crippen LogP contribution is -2.37. The number of halogens is 1. The lowest BCUT2D eigenvalue weighted by molar-refractivity contribution is 0.423. The van der Waals surface area contributed by atoms with Crippen molar-refractivity contribution >= 4 is 15.7 Å². The smallest absolute Gasteiger partial charge is 0.241 e. The molecule has 1 fully saturated rings. The zero-order valence-corrected chi connectivity index (χ0v) is 12.6. The molecule has 20 heavy (non-hydrogen) atoms. The highest BCUT2D eigenvalue weighted by Gasteiger charge is 2.27. The Labute approximate surface area is 119 Å². The first-order valence-electron chi connectivity index (χ1n) is 6.89. The normalized spacial score (nSPS) is 18.4. The summed E-state index contributed by atoms with van der Waals surface area (Å²) in [7, 11) is -3.74. The van der Waals surface area contributed by atoms with Crippen molar-refractivity contribution in [3.63, 3.8) is 0 Å². The Morgan fingerprint density at radius 2 is 1.95 bits per heavy atom. The first-order chi connectivity index (χ1) is 9.31. The quantitative estimate of drug-likeness (QED) is 0.839. The molecule has 0 heterocycles. The Balaban J connectivity index is 2.26. The summed E-state index contributed by atoms with van der Waals surface area (Å²) < 4.78 is 41.1. The van der Waals surface area contributed by atoms with Gasteiger partial charge in [0.2, 0.25) is 10.0 Å². The van der Waals surface area contributed by atoms with Crippen molar-refractivity contribution in [2.75, 3.05) is 5.73 Å². The van der Waals surface area contributed by atoms with E-state index in [4.69, 9.17) is 5.73 Å². The van der Waals surface area contributed by atoms with E-state index in [2.05, 4.69) is 4.72 Å². The van der Waals surface area contributed by atoms with E-state index in [0.717, 1.165) is 31.7 Å². The summed E-state index contributed by atoms with van der Waals surface area (Å²) in [6.07, 6.45) is 4.35. The maximum atomic E-state index is 13.6. The summed E-state index contributed by atoms with van der Waals surface area (Å²) >= 11 is 0. The molecule has 1 aromatic rings. The van der Waals surface area contributed by atoms with Crippen molar-refractivity contribution in [1.29, 1.82) is 0 Å². The molecule has 1 aliphatic carbocycles. The average molecular weight is 300 g/mol. The van der Waals surface area contributed by atoms with Crippen LogP contribution < -0.4 is 10.5 Å². The fourth-order valence-corrected chi connectivity index (χ4v) is 4.42. The lowest BCUT2D eigenvalue weighted by Gasteiger charge is -2.21. The molecule has 0 amide bonds. The summed E-state index contributed by atoms with van der Waals surface area (Å²) in [5.74, 6) is -0.241. The molecule has 1 saturated carbocycles. The van der Waals surface area contributed by atoms with Gasteiger partial charge in [-0.1, -0.05) is 12.8 Å². The van der Waals surface area contributed by atoms with Gasteiger partial charge in [-0.25, -0.2) is 17.5 Å². The third kappa shape index (κ3) is 3.12. The fraction of sp³-hybridized carbons (Fsp3) is 0.571. The topological polar surface area (TPSA) is 72.2 Å². The largest absolute Gasteiger partial charge is 0.399 e. The molecule has 1 aromatic carbocycles. The highest BCUT2D eigenvalue weighted by molar-refractivity contribution is 7.89. The number of anilines is 1. The maximum Gasteiger partial charge on any atom is 0.241 e. The Bertz CT molecular complexity index is 595. The van der Waals surface area contributed by atoms with E-state index < -0.39 is 15.8 Å². The molecule has 4 nitrogen and oxygen atoms in total. The van der Waals surface area contributed by atoms with Gasteiger partial charge >= 0.3 is 0 Å². The van der Waals surface area contributed by atoms with E-state index in [-0.39, 0.29) is 22.2 Å². The van der Waals surface area contributed by atoms with Crippen LogP contribution in [-0.2, 0) is 10.0 Å². The predicted molar refractivity (Wildman–Crippen MR) is 77.3 cm³/mol. The minimum atomic E-state index is -3.74.